The SMILES string of the molecule is C[C@@]1(c2ccc(Cl)cc2F)Oc2cccc([C@H]3CCN(Cc4ncc(-c5n[nH]c(C(F)(F)F)n5)cc4CC4(C#N)CC4)C[C@@H]3F)c2O1. The van der Waals surface area contributed by atoms with Crippen molar-refractivity contribution in [1.82, 2.24) is 25.1 Å². The number of para-hydroxylation sites is 1. The topological polar surface area (TPSA) is 100.0 Å². The van der Waals surface area contributed by atoms with Gasteiger partial charge in [0.05, 0.1) is 22.7 Å². The van der Waals surface area contributed by atoms with Gasteiger partial charge < -0.3 is 9.47 Å². The van der Waals surface area contributed by atoms with Crippen LogP contribution in [0.5, 0.6) is 11.5 Å². The van der Waals surface area contributed by atoms with E-state index < -0.39 is 41.1 Å². The fourth-order valence-corrected chi connectivity index (χ4v) is 6.56. The van der Waals surface area contributed by atoms with Gasteiger partial charge in [-0.15, -0.1) is 0 Å². The highest BCUT2D eigenvalue weighted by atomic mass is 35.5. The van der Waals surface area contributed by atoms with E-state index in [-0.39, 0.29) is 35.1 Å². The summed E-state index contributed by atoms with van der Waals surface area (Å²) in [5.74, 6) is -3.16. The zero-order valence-electron chi connectivity index (χ0n) is 25.0. The molecular formula is C33H28ClF5N6O2. The van der Waals surface area contributed by atoms with Gasteiger partial charge in [0.25, 0.3) is 5.79 Å². The molecule has 2 aliphatic heterocycles. The van der Waals surface area contributed by atoms with E-state index in [0.29, 0.717) is 60.5 Å². The van der Waals surface area contributed by atoms with Crippen molar-refractivity contribution in [1.29, 1.82) is 5.26 Å². The van der Waals surface area contributed by atoms with Crippen LogP contribution in [0.2, 0.25) is 5.02 Å². The Morgan fingerprint density at radius 2 is 1.98 bits per heavy atom. The quantitative estimate of drug-likeness (QED) is 0.203. The number of pyridine rings is 1. The van der Waals surface area contributed by atoms with Crippen LogP contribution in [0.15, 0.2) is 48.7 Å². The fraction of sp³-hybridized carbons (Fsp3) is 0.394. The molecule has 47 heavy (non-hydrogen) atoms. The highest BCUT2D eigenvalue weighted by molar-refractivity contribution is 6.30. The summed E-state index contributed by atoms with van der Waals surface area (Å²) in [6, 6.07) is 13.5. The van der Waals surface area contributed by atoms with Gasteiger partial charge in [0, 0.05) is 48.3 Å². The third kappa shape index (κ3) is 6.00. The predicted molar refractivity (Wildman–Crippen MR) is 160 cm³/mol. The van der Waals surface area contributed by atoms with E-state index in [4.69, 9.17) is 21.1 Å². The van der Waals surface area contributed by atoms with Crippen molar-refractivity contribution < 1.29 is 31.4 Å². The number of H-pyrrole nitrogens is 1. The largest absolute Gasteiger partial charge is 0.451 e. The number of piperidine rings is 1. The van der Waals surface area contributed by atoms with Gasteiger partial charge in [0.15, 0.2) is 17.3 Å². The minimum atomic E-state index is -4.68. The molecule has 7 rings (SSSR count). The maximum Gasteiger partial charge on any atom is 0.451 e. The van der Waals surface area contributed by atoms with Crippen molar-refractivity contribution in [2.75, 3.05) is 13.1 Å². The standard InChI is InChI=1S/C33H28ClF5N6O2/c1-31(23-6-5-20(34)12-24(23)35)46-27-4-2-3-22(28(27)47-31)21-7-10-45(15-25(21)36)16-26-18(13-32(17-40)8-9-32)11-19(14-41-26)29-42-30(44-43-29)33(37,38)39/h2-6,11-12,14,21,25H,7-10,13,15-16H2,1H3,(H,42,43,44)/t21-,25+,31-/m1/s1. The summed E-state index contributed by atoms with van der Waals surface area (Å²) in [4.78, 5) is 10.1. The number of rotatable bonds is 7. The number of aromatic nitrogens is 4. The summed E-state index contributed by atoms with van der Waals surface area (Å²) >= 11 is 5.93. The maximum atomic E-state index is 16.0. The fourth-order valence-electron chi connectivity index (χ4n) is 6.40. The lowest BCUT2D eigenvalue weighted by molar-refractivity contribution is -0.144. The predicted octanol–water partition coefficient (Wildman–Crippen LogP) is 7.50. The van der Waals surface area contributed by atoms with Gasteiger partial charge >= 0.3 is 6.18 Å². The molecule has 8 nitrogen and oxygen atoms in total. The van der Waals surface area contributed by atoms with Gasteiger partial charge in [0.1, 0.15) is 12.0 Å². The number of nitrogens with one attached hydrogen (secondary N) is 1. The minimum absolute atomic E-state index is 0.0837. The molecule has 1 N–H and O–H groups in total. The first kappa shape index (κ1) is 31.3. The number of nitriles is 1. The molecule has 1 aliphatic carbocycles. The van der Waals surface area contributed by atoms with Crippen LogP contribution in [0.3, 0.4) is 0 Å². The molecule has 1 saturated carbocycles. The number of hydrogen-bond acceptors (Lipinski definition) is 7. The Kier molecular flexibility index (Phi) is 7.63. The highest BCUT2D eigenvalue weighted by Crippen LogP contribution is 2.51. The van der Waals surface area contributed by atoms with Crippen LogP contribution in [0.1, 0.15) is 60.3 Å². The van der Waals surface area contributed by atoms with Gasteiger partial charge in [-0.1, -0.05) is 23.7 Å². The van der Waals surface area contributed by atoms with E-state index in [1.54, 1.807) is 37.3 Å². The molecule has 2 fully saturated rings. The molecule has 0 unspecified atom stereocenters. The molecule has 244 valence electrons. The molecule has 3 aliphatic rings. The van der Waals surface area contributed by atoms with Crippen LogP contribution in [0.25, 0.3) is 11.4 Å². The van der Waals surface area contributed by atoms with Gasteiger partial charge in [-0.05, 0) is 68.1 Å². The normalized spacial score (nSPS) is 23.4. The molecule has 14 heteroatoms. The van der Waals surface area contributed by atoms with Crippen molar-refractivity contribution in [3.05, 3.63) is 87.7 Å². The molecule has 0 spiro atoms. The second-order valence-electron chi connectivity index (χ2n) is 12.5. The number of ether oxygens (including phenoxy) is 2. The first-order valence-electron chi connectivity index (χ1n) is 15.1. The van der Waals surface area contributed by atoms with Crippen LogP contribution in [0, 0.1) is 22.6 Å². The zero-order valence-corrected chi connectivity index (χ0v) is 25.8. The zero-order chi connectivity index (χ0) is 33.1. The number of benzene rings is 2. The summed E-state index contributed by atoms with van der Waals surface area (Å²) in [5, 5.41) is 15.6. The molecule has 0 amide bonds. The molecule has 1 saturated heterocycles. The molecule has 2 aromatic carbocycles. The molecular weight excluding hydrogens is 643 g/mol. The molecule has 4 heterocycles. The average molecular weight is 671 g/mol. The van der Waals surface area contributed by atoms with E-state index in [0.717, 1.165) is 0 Å². The molecule has 4 aromatic rings. The van der Waals surface area contributed by atoms with Crippen LogP contribution in [-0.4, -0.2) is 44.3 Å². The lowest BCUT2D eigenvalue weighted by Gasteiger charge is -2.35. The second kappa shape index (κ2) is 11.5. The lowest BCUT2D eigenvalue weighted by atomic mass is 9.87. The second-order valence-corrected chi connectivity index (χ2v) is 12.9. The molecule has 0 bridgehead atoms. The monoisotopic (exact) mass is 670 g/mol. The molecule has 3 atom stereocenters. The van der Waals surface area contributed by atoms with Gasteiger partial charge in [-0.25, -0.2) is 13.8 Å². The third-order valence-electron chi connectivity index (χ3n) is 9.12. The number of aromatic amines is 1. The molecule has 2 aromatic heterocycles. The number of alkyl halides is 4. The molecule has 0 radical (unpaired) electrons. The number of fused-ring (bicyclic) bond motifs is 1. The smallest absolute Gasteiger partial charge is 0.444 e. The Morgan fingerprint density at radius 3 is 2.66 bits per heavy atom. The summed E-state index contributed by atoms with van der Waals surface area (Å²) in [6.07, 6.45) is -2.33. The van der Waals surface area contributed by atoms with Crippen LogP contribution >= 0.6 is 11.6 Å². The first-order chi connectivity index (χ1) is 22.4. The van der Waals surface area contributed by atoms with Crippen molar-refractivity contribution >= 4 is 11.6 Å². The van der Waals surface area contributed by atoms with E-state index in [9.17, 15) is 22.8 Å². The van der Waals surface area contributed by atoms with Crippen LogP contribution < -0.4 is 9.47 Å². The Bertz CT molecular complexity index is 1890. The highest BCUT2D eigenvalue weighted by Gasteiger charge is 2.45. The summed E-state index contributed by atoms with van der Waals surface area (Å²) in [6.45, 7) is 2.48. The Labute approximate surface area is 271 Å². The van der Waals surface area contributed by atoms with Crippen molar-refractivity contribution in [2.24, 2.45) is 5.41 Å². The van der Waals surface area contributed by atoms with Crippen LogP contribution in [-0.2, 0) is 24.9 Å². The van der Waals surface area contributed by atoms with Crippen LogP contribution in [0.4, 0.5) is 22.0 Å². The lowest BCUT2D eigenvalue weighted by Crippen LogP contribution is -2.40. The first-order valence-corrected chi connectivity index (χ1v) is 15.5. The van der Waals surface area contributed by atoms with E-state index in [1.807, 2.05) is 10.00 Å². The summed E-state index contributed by atoms with van der Waals surface area (Å²) in [5.41, 5.74) is 1.84. The number of hydrogen-bond donors (Lipinski definition) is 1. The van der Waals surface area contributed by atoms with E-state index in [2.05, 4.69) is 21.1 Å². The number of halogens is 6. The minimum Gasteiger partial charge on any atom is -0.444 e. The number of nitrogens with zero attached hydrogens (tertiary/aromatic N) is 5. The van der Waals surface area contributed by atoms with Crippen molar-refractivity contribution in [2.45, 2.75) is 63.2 Å². The summed E-state index contributed by atoms with van der Waals surface area (Å²) in [7, 11) is 0. The van der Waals surface area contributed by atoms with Crippen molar-refractivity contribution in [3.8, 4) is 29.0 Å². The van der Waals surface area contributed by atoms with Gasteiger partial charge in [0.2, 0.25) is 5.82 Å². The Hall–Kier alpha value is -4.28. The summed E-state index contributed by atoms with van der Waals surface area (Å²) < 4.78 is 82.4. The van der Waals surface area contributed by atoms with E-state index >= 15 is 4.39 Å². The Balaban J connectivity index is 1.09. The van der Waals surface area contributed by atoms with Gasteiger partial charge in [-0.2, -0.15) is 23.5 Å². The average Bonchev–Trinajstić information content (AvgIpc) is 3.42. The van der Waals surface area contributed by atoms with Crippen molar-refractivity contribution in [3.63, 3.8) is 0 Å². The van der Waals surface area contributed by atoms with E-state index in [1.165, 1.54) is 18.3 Å². The third-order valence-corrected chi connectivity index (χ3v) is 9.36. The van der Waals surface area contributed by atoms with Gasteiger partial charge in [-0.3, -0.25) is 15.0 Å². The Morgan fingerprint density at radius 1 is 1.17 bits per heavy atom. The maximum absolute atomic E-state index is 16.0. The number of likely N-dealkylation sites (tertiary alicyclic amines) is 1.